The lowest BCUT2D eigenvalue weighted by Crippen LogP contribution is -2.26. The summed E-state index contributed by atoms with van der Waals surface area (Å²) in [4.78, 5) is 0. The van der Waals surface area contributed by atoms with Crippen LogP contribution in [0.5, 0.6) is 0 Å². The molecule has 0 aromatic heterocycles. The van der Waals surface area contributed by atoms with Gasteiger partial charge in [-0.05, 0) is 42.9 Å². The molecule has 0 aliphatic heterocycles. The maximum atomic E-state index is 2.39. The molecule has 0 unspecified atom stereocenters. The first kappa shape index (κ1) is 17.4. The summed E-state index contributed by atoms with van der Waals surface area (Å²) in [7, 11) is 0. The third-order valence-electron chi connectivity index (χ3n) is 6.67. The molecule has 2 fully saturated rings. The Hall–Kier alpha value is 0. The molecule has 0 spiro atoms. The second-order valence-electron chi connectivity index (χ2n) is 8.18. The lowest BCUT2D eigenvalue weighted by atomic mass is 9.68. The second kappa shape index (κ2) is 9.90. The van der Waals surface area contributed by atoms with Gasteiger partial charge in [0.15, 0.2) is 0 Å². The predicted molar refractivity (Wildman–Crippen MR) is 94.6 cm³/mol. The Labute approximate surface area is 134 Å². The molecule has 2 aliphatic carbocycles. The van der Waals surface area contributed by atoms with E-state index in [9.17, 15) is 0 Å². The van der Waals surface area contributed by atoms with Crippen molar-refractivity contribution in [3.05, 3.63) is 0 Å². The fourth-order valence-electron chi connectivity index (χ4n) is 5.13. The highest BCUT2D eigenvalue weighted by Crippen LogP contribution is 2.43. The molecule has 0 saturated heterocycles. The van der Waals surface area contributed by atoms with Crippen LogP contribution in [0.1, 0.15) is 110 Å². The highest BCUT2D eigenvalue weighted by atomic mass is 14.4. The van der Waals surface area contributed by atoms with Crippen molar-refractivity contribution in [2.24, 2.45) is 23.7 Å². The van der Waals surface area contributed by atoms with Gasteiger partial charge in [0.05, 0.1) is 0 Å². The molecule has 2 rings (SSSR count). The van der Waals surface area contributed by atoms with Crippen molar-refractivity contribution in [2.75, 3.05) is 0 Å². The zero-order valence-corrected chi connectivity index (χ0v) is 14.9. The van der Waals surface area contributed by atoms with Crippen molar-refractivity contribution in [3.8, 4) is 0 Å². The summed E-state index contributed by atoms with van der Waals surface area (Å²) in [6.07, 6.45) is 22.7. The zero-order chi connectivity index (χ0) is 14.9. The normalized spacial score (nSPS) is 34.0. The highest BCUT2D eigenvalue weighted by Gasteiger charge is 2.30. The van der Waals surface area contributed by atoms with Crippen LogP contribution < -0.4 is 0 Å². The quantitative estimate of drug-likeness (QED) is 0.410. The Balaban J connectivity index is 1.64. The van der Waals surface area contributed by atoms with E-state index in [1.807, 2.05) is 0 Å². The molecule has 21 heavy (non-hydrogen) atoms. The van der Waals surface area contributed by atoms with E-state index in [4.69, 9.17) is 0 Å². The lowest BCUT2D eigenvalue weighted by Gasteiger charge is -2.38. The molecular formula is C21H40. The van der Waals surface area contributed by atoms with Gasteiger partial charge in [-0.15, -0.1) is 0 Å². The molecule has 0 heteroatoms. The summed E-state index contributed by atoms with van der Waals surface area (Å²) >= 11 is 0. The Morgan fingerprint density at radius 3 is 2.14 bits per heavy atom. The van der Waals surface area contributed by atoms with Gasteiger partial charge in [-0.25, -0.2) is 0 Å². The van der Waals surface area contributed by atoms with Crippen LogP contribution in [0, 0.1) is 23.7 Å². The van der Waals surface area contributed by atoms with Crippen LogP contribution in [0.3, 0.4) is 0 Å². The van der Waals surface area contributed by atoms with Gasteiger partial charge in [0, 0.05) is 0 Å². The SMILES string of the molecule is CCCCCCC[C@@H]1CCC[C@@H](C2CCC(CC)CC2)C1. The molecule has 0 radical (unpaired) electrons. The van der Waals surface area contributed by atoms with E-state index in [1.54, 1.807) is 51.4 Å². The lowest BCUT2D eigenvalue weighted by molar-refractivity contribution is 0.134. The third kappa shape index (κ3) is 5.95. The molecule has 2 saturated carbocycles. The van der Waals surface area contributed by atoms with Crippen molar-refractivity contribution in [1.82, 2.24) is 0 Å². The summed E-state index contributed by atoms with van der Waals surface area (Å²) in [6, 6.07) is 0. The minimum absolute atomic E-state index is 1.07. The van der Waals surface area contributed by atoms with Crippen LogP contribution in [0.15, 0.2) is 0 Å². The van der Waals surface area contributed by atoms with Gasteiger partial charge in [-0.3, -0.25) is 0 Å². The van der Waals surface area contributed by atoms with Crippen LogP contribution >= 0.6 is 0 Å². The fourth-order valence-corrected chi connectivity index (χ4v) is 5.13. The van der Waals surface area contributed by atoms with Crippen LogP contribution in [0.2, 0.25) is 0 Å². The van der Waals surface area contributed by atoms with Crippen molar-refractivity contribution in [2.45, 2.75) is 110 Å². The van der Waals surface area contributed by atoms with E-state index in [1.165, 1.54) is 44.9 Å². The topological polar surface area (TPSA) is 0 Å². The third-order valence-corrected chi connectivity index (χ3v) is 6.67. The van der Waals surface area contributed by atoms with Gasteiger partial charge in [0.1, 0.15) is 0 Å². The van der Waals surface area contributed by atoms with Crippen LogP contribution in [-0.2, 0) is 0 Å². The summed E-state index contributed by atoms with van der Waals surface area (Å²) in [5.41, 5.74) is 0. The Bertz CT molecular complexity index is 249. The maximum Gasteiger partial charge on any atom is -0.0383 e. The first-order valence-electron chi connectivity index (χ1n) is 10.3. The highest BCUT2D eigenvalue weighted by molar-refractivity contribution is 4.82. The van der Waals surface area contributed by atoms with E-state index in [-0.39, 0.29) is 0 Å². The van der Waals surface area contributed by atoms with Gasteiger partial charge in [-0.2, -0.15) is 0 Å². The van der Waals surface area contributed by atoms with Gasteiger partial charge in [0.2, 0.25) is 0 Å². The number of unbranched alkanes of at least 4 members (excludes halogenated alkanes) is 4. The Morgan fingerprint density at radius 1 is 0.667 bits per heavy atom. The van der Waals surface area contributed by atoms with E-state index in [0.717, 1.165) is 23.7 Å². The van der Waals surface area contributed by atoms with E-state index in [0.29, 0.717) is 0 Å². The summed E-state index contributed by atoms with van der Waals surface area (Å²) in [5.74, 6) is 4.38. The molecule has 0 N–H and O–H groups in total. The van der Waals surface area contributed by atoms with Crippen LogP contribution in [-0.4, -0.2) is 0 Å². The second-order valence-corrected chi connectivity index (χ2v) is 8.18. The molecular weight excluding hydrogens is 252 g/mol. The molecule has 0 bridgehead atoms. The van der Waals surface area contributed by atoms with Crippen LogP contribution in [0.4, 0.5) is 0 Å². The smallest absolute Gasteiger partial charge is 0.0383 e. The summed E-state index contributed by atoms with van der Waals surface area (Å²) < 4.78 is 0. The number of hydrogen-bond donors (Lipinski definition) is 0. The van der Waals surface area contributed by atoms with Crippen molar-refractivity contribution in [3.63, 3.8) is 0 Å². The van der Waals surface area contributed by atoms with Crippen LogP contribution in [0.25, 0.3) is 0 Å². The van der Waals surface area contributed by atoms with E-state index in [2.05, 4.69) is 13.8 Å². The number of rotatable bonds is 8. The monoisotopic (exact) mass is 292 g/mol. The summed E-state index contributed by atoms with van der Waals surface area (Å²) in [5, 5.41) is 0. The minimum Gasteiger partial charge on any atom is -0.0654 e. The largest absolute Gasteiger partial charge is 0.0654 e. The first-order chi connectivity index (χ1) is 10.3. The first-order valence-corrected chi connectivity index (χ1v) is 10.3. The molecule has 0 amide bonds. The van der Waals surface area contributed by atoms with Gasteiger partial charge in [0.25, 0.3) is 0 Å². The maximum absolute atomic E-state index is 2.39. The number of hydrogen-bond acceptors (Lipinski definition) is 0. The summed E-state index contributed by atoms with van der Waals surface area (Å²) in [6.45, 7) is 4.71. The van der Waals surface area contributed by atoms with Crippen molar-refractivity contribution >= 4 is 0 Å². The Morgan fingerprint density at radius 2 is 1.43 bits per heavy atom. The molecule has 2 aliphatic rings. The van der Waals surface area contributed by atoms with E-state index < -0.39 is 0 Å². The molecule has 0 nitrogen and oxygen atoms in total. The fraction of sp³-hybridized carbons (Fsp3) is 1.00. The average molecular weight is 293 g/mol. The predicted octanol–water partition coefficient (Wildman–Crippen LogP) is 7.37. The molecule has 0 heterocycles. The molecule has 124 valence electrons. The van der Waals surface area contributed by atoms with Gasteiger partial charge >= 0.3 is 0 Å². The minimum atomic E-state index is 1.07. The Kier molecular flexibility index (Phi) is 8.19. The average Bonchev–Trinajstić information content (AvgIpc) is 2.55. The van der Waals surface area contributed by atoms with Gasteiger partial charge in [-0.1, -0.05) is 90.9 Å². The molecule has 0 aromatic carbocycles. The standard InChI is InChI=1S/C21H40/c1-3-5-6-7-8-10-19-11-9-12-21(17-19)20-15-13-18(4-2)14-16-20/h18-21H,3-17H2,1-2H3/t18?,19-,20?,21-/m1/s1. The van der Waals surface area contributed by atoms with Gasteiger partial charge < -0.3 is 0 Å². The zero-order valence-electron chi connectivity index (χ0n) is 14.9. The molecule has 2 atom stereocenters. The van der Waals surface area contributed by atoms with Crippen molar-refractivity contribution in [1.29, 1.82) is 0 Å². The van der Waals surface area contributed by atoms with E-state index >= 15 is 0 Å². The van der Waals surface area contributed by atoms with Crippen molar-refractivity contribution < 1.29 is 0 Å². The molecule has 0 aromatic rings.